The van der Waals surface area contributed by atoms with Crippen molar-refractivity contribution in [3.8, 4) is 0 Å². The summed E-state index contributed by atoms with van der Waals surface area (Å²) in [6, 6.07) is 11.2. The standard InChI is InChI=1S/C22H30N6/c1-17(21-12-22(25-16-24-21)26-20-14-27(2)15-20)23-9-5-10-28-11-8-18-6-3-4-7-19(18)13-28/h3-4,6-7,12,16,20,23H,1,5,8-11,13-15H2,2H3,(H,24,25,26). The molecule has 0 aliphatic carbocycles. The van der Waals surface area contributed by atoms with Crippen LogP contribution in [0.5, 0.6) is 0 Å². The van der Waals surface area contributed by atoms with Crippen LogP contribution < -0.4 is 10.6 Å². The van der Waals surface area contributed by atoms with Crippen LogP contribution in [0.25, 0.3) is 5.70 Å². The third-order valence-corrected chi connectivity index (χ3v) is 5.59. The Morgan fingerprint density at radius 1 is 1.21 bits per heavy atom. The molecule has 148 valence electrons. The topological polar surface area (TPSA) is 56.3 Å². The molecule has 28 heavy (non-hydrogen) atoms. The van der Waals surface area contributed by atoms with E-state index >= 15 is 0 Å². The van der Waals surface area contributed by atoms with Crippen molar-refractivity contribution in [2.75, 3.05) is 45.1 Å². The molecule has 2 aliphatic heterocycles. The Hall–Kier alpha value is -2.44. The summed E-state index contributed by atoms with van der Waals surface area (Å²) in [7, 11) is 2.12. The number of rotatable bonds is 8. The van der Waals surface area contributed by atoms with E-state index in [0.717, 1.165) is 69.3 Å². The quantitative estimate of drug-likeness (QED) is 0.687. The molecule has 4 rings (SSSR count). The Balaban J connectivity index is 1.20. The molecule has 1 saturated heterocycles. The molecular formula is C22H30N6. The summed E-state index contributed by atoms with van der Waals surface area (Å²) in [6.45, 7) is 10.5. The fourth-order valence-corrected chi connectivity index (χ4v) is 3.98. The van der Waals surface area contributed by atoms with Crippen molar-refractivity contribution in [3.05, 3.63) is 60.1 Å². The molecule has 0 atom stereocenters. The van der Waals surface area contributed by atoms with Gasteiger partial charge >= 0.3 is 0 Å². The second kappa shape index (κ2) is 8.71. The number of hydrogen-bond acceptors (Lipinski definition) is 6. The van der Waals surface area contributed by atoms with Crippen molar-refractivity contribution in [1.29, 1.82) is 0 Å². The molecule has 2 aromatic rings. The lowest BCUT2D eigenvalue weighted by molar-refractivity contribution is 0.205. The van der Waals surface area contributed by atoms with Gasteiger partial charge in [-0.2, -0.15) is 0 Å². The highest BCUT2D eigenvalue weighted by atomic mass is 15.2. The molecule has 1 aromatic heterocycles. The van der Waals surface area contributed by atoms with E-state index in [0.29, 0.717) is 6.04 Å². The average Bonchev–Trinajstić information content (AvgIpc) is 2.70. The maximum absolute atomic E-state index is 4.37. The molecule has 0 bridgehead atoms. The SMILES string of the molecule is C=C(NCCCN1CCc2ccccc2C1)c1cc(NC2CN(C)C2)ncn1. The van der Waals surface area contributed by atoms with E-state index in [9.17, 15) is 0 Å². The number of likely N-dealkylation sites (tertiary alicyclic amines) is 1. The first-order valence-corrected chi connectivity index (χ1v) is 10.2. The first-order chi connectivity index (χ1) is 13.7. The first kappa shape index (κ1) is 18.9. The van der Waals surface area contributed by atoms with Gasteiger partial charge in [0.2, 0.25) is 0 Å². The van der Waals surface area contributed by atoms with E-state index in [1.165, 1.54) is 11.1 Å². The maximum Gasteiger partial charge on any atom is 0.130 e. The zero-order chi connectivity index (χ0) is 19.3. The van der Waals surface area contributed by atoms with Gasteiger partial charge in [0.15, 0.2) is 0 Å². The molecule has 0 spiro atoms. The molecular weight excluding hydrogens is 348 g/mol. The largest absolute Gasteiger partial charge is 0.384 e. The van der Waals surface area contributed by atoms with E-state index in [-0.39, 0.29) is 0 Å². The van der Waals surface area contributed by atoms with Crippen molar-refractivity contribution in [1.82, 2.24) is 25.1 Å². The number of nitrogens with one attached hydrogen (secondary N) is 2. The molecule has 2 N–H and O–H groups in total. The summed E-state index contributed by atoms with van der Waals surface area (Å²) < 4.78 is 0. The van der Waals surface area contributed by atoms with Crippen molar-refractivity contribution in [2.45, 2.75) is 25.4 Å². The summed E-state index contributed by atoms with van der Waals surface area (Å²) in [5.41, 5.74) is 4.70. The van der Waals surface area contributed by atoms with E-state index in [1.807, 2.05) is 6.07 Å². The van der Waals surface area contributed by atoms with Crippen LogP contribution in [0.3, 0.4) is 0 Å². The molecule has 0 saturated carbocycles. The lowest BCUT2D eigenvalue weighted by Crippen LogP contribution is -2.52. The summed E-state index contributed by atoms with van der Waals surface area (Å²) in [6.07, 6.45) is 3.85. The number of likely N-dealkylation sites (N-methyl/N-ethyl adjacent to an activating group) is 1. The van der Waals surface area contributed by atoms with Gasteiger partial charge < -0.3 is 15.5 Å². The van der Waals surface area contributed by atoms with Crippen LogP contribution >= 0.6 is 0 Å². The lowest BCUT2D eigenvalue weighted by Gasteiger charge is -2.36. The minimum Gasteiger partial charge on any atom is -0.384 e. The van der Waals surface area contributed by atoms with Gasteiger partial charge in [0, 0.05) is 45.3 Å². The highest BCUT2D eigenvalue weighted by Gasteiger charge is 2.23. The predicted octanol–water partition coefficient (Wildman–Crippen LogP) is 2.21. The predicted molar refractivity (Wildman–Crippen MR) is 114 cm³/mol. The van der Waals surface area contributed by atoms with Crippen LogP contribution in [-0.4, -0.2) is 65.6 Å². The van der Waals surface area contributed by atoms with E-state index < -0.39 is 0 Å². The summed E-state index contributed by atoms with van der Waals surface area (Å²) >= 11 is 0. The second-order valence-corrected chi connectivity index (χ2v) is 7.90. The molecule has 1 fully saturated rings. The third-order valence-electron chi connectivity index (χ3n) is 5.59. The van der Waals surface area contributed by atoms with Crippen molar-refractivity contribution in [2.24, 2.45) is 0 Å². The van der Waals surface area contributed by atoms with Gasteiger partial charge in [0.1, 0.15) is 12.1 Å². The smallest absolute Gasteiger partial charge is 0.130 e. The molecule has 6 nitrogen and oxygen atoms in total. The highest BCUT2D eigenvalue weighted by molar-refractivity contribution is 5.60. The summed E-state index contributed by atoms with van der Waals surface area (Å²) in [5, 5.41) is 6.88. The fraction of sp³-hybridized carbons (Fsp3) is 0.455. The van der Waals surface area contributed by atoms with Crippen LogP contribution in [0, 0.1) is 0 Å². The van der Waals surface area contributed by atoms with Gasteiger partial charge in [-0.15, -0.1) is 0 Å². The Bertz CT molecular complexity index is 814. The van der Waals surface area contributed by atoms with Gasteiger partial charge in [-0.3, -0.25) is 4.90 Å². The second-order valence-electron chi connectivity index (χ2n) is 7.90. The first-order valence-electron chi connectivity index (χ1n) is 10.2. The van der Waals surface area contributed by atoms with Crippen LogP contribution in [0.1, 0.15) is 23.2 Å². The molecule has 3 heterocycles. The van der Waals surface area contributed by atoms with Gasteiger partial charge in [0.25, 0.3) is 0 Å². The Morgan fingerprint density at radius 3 is 2.86 bits per heavy atom. The monoisotopic (exact) mass is 378 g/mol. The van der Waals surface area contributed by atoms with Gasteiger partial charge in [-0.1, -0.05) is 30.8 Å². The molecule has 2 aliphatic rings. The zero-order valence-corrected chi connectivity index (χ0v) is 16.7. The number of benzene rings is 1. The molecule has 0 unspecified atom stereocenters. The lowest BCUT2D eigenvalue weighted by atomic mass is 10.00. The number of hydrogen-bond donors (Lipinski definition) is 2. The Kier molecular flexibility index (Phi) is 5.88. The van der Waals surface area contributed by atoms with E-state index in [1.54, 1.807) is 6.33 Å². The van der Waals surface area contributed by atoms with Crippen molar-refractivity contribution in [3.63, 3.8) is 0 Å². The van der Waals surface area contributed by atoms with E-state index in [4.69, 9.17) is 0 Å². The van der Waals surface area contributed by atoms with Crippen molar-refractivity contribution < 1.29 is 0 Å². The van der Waals surface area contributed by atoms with Gasteiger partial charge in [-0.25, -0.2) is 9.97 Å². The Labute approximate surface area is 167 Å². The van der Waals surface area contributed by atoms with Crippen molar-refractivity contribution >= 4 is 11.5 Å². The highest BCUT2D eigenvalue weighted by Crippen LogP contribution is 2.18. The number of anilines is 1. The normalized spacial score (nSPS) is 17.6. The number of nitrogens with zero attached hydrogens (tertiary/aromatic N) is 4. The Morgan fingerprint density at radius 2 is 2.04 bits per heavy atom. The van der Waals surface area contributed by atoms with Gasteiger partial charge in [-0.05, 0) is 31.0 Å². The molecule has 0 amide bonds. The number of fused-ring (bicyclic) bond motifs is 1. The fourth-order valence-electron chi connectivity index (χ4n) is 3.98. The molecule has 6 heteroatoms. The zero-order valence-electron chi connectivity index (χ0n) is 16.7. The molecule has 0 radical (unpaired) electrons. The van der Waals surface area contributed by atoms with Crippen LogP contribution in [0.2, 0.25) is 0 Å². The minimum absolute atomic E-state index is 0.476. The van der Waals surface area contributed by atoms with Crippen LogP contribution in [0.15, 0.2) is 43.2 Å². The maximum atomic E-state index is 4.37. The number of aromatic nitrogens is 2. The summed E-state index contributed by atoms with van der Waals surface area (Å²) in [5.74, 6) is 0.873. The third kappa shape index (κ3) is 4.69. The van der Waals surface area contributed by atoms with E-state index in [2.05, 4.69) is 68.3 Å². The summed E-state index contributed by atoms with van der Waals surface area (Å²) in [4.78, 5) is 13.5. The van der Waals surface area contributed by atoms with Crippen LogP contribution in [-0.2, 0) is 13.0 Å². The average molecular weight is 379 g/mol. The minimum atomic E-state index is 0.476. The van der Waals surface area contributed by atoms with Gasteiger partial charge in [0.05, 0.1) is 17.4 Å². The molecule has 1 aromatic carbocycles. The van der Waals surface area contributed by atoms with Crippen LogP contribution in [0.4, 0.5) is 5.82 Å².